The third-order valence-electron chi connectivity index (χ3n) is 2.66. The molecule has 0 aromatic heterocycles. The fourth-order valence-corrected chi connectivity index (χ4v) is 1.74. The van der Waals surface area contributed by atoms with Gasteiger partial charge in [-0.25, -0.2) is 0 Å². The third-order valence-corrected chi connectivity index (χ3v) is 2.66. The van der Waals surface area contributed by atoms with Crippen molar-refractivity contribution in [2.24, 2.45) is 0 Å². The van der Waals surface area contributed by atoms with E-state index >= 15 is 0 Å². The molecule has 0 atom stereocenters. The Morgan fingerprint density at radius 3 is 2.20 bits per heavy atom. The Kier molecular flexibility index (Phi) is 4.77. The van der Waals surface area contributed by atoms with Crippen molar-refractivity contribution >= 4 is 5.78 Å². The van der Waals surface area contributed by atoms with Crippen LogP contribution in [0, 0.1) is 0 Å². The number of hydrogen-bond donors (Lipinski definition) is 0. The van der Waals surface area contributed by atoms with Crippen LogP contribution in [-0.2, 0) is 0 Å². The first-order valence-corrected chi connectivity index (χ1v) is 6.63. The van der Waals surface area contributed by atoms with E-state index in [1.54, 1.807) is 24.3 Å². The second-order valence-corrected chi connectivity index (χ2v) is 4.72. The smallest absolute Gasteiger partial charge is 0.200 e. The number of ketones is 1. The van der Waals surface area contributed by atoms with Gasteiger partial charge in [0.05, 0.1) is 6.10 Å². The fraction of sp³-hybridized carbons (Fsp3) is 0.235. The molecule has 0 saturated carbocycles. The number of ether oxygens (including phenoxy) is 2. The summed E-state index contributed by atoms with van der Waals surface area (Å²) in [6, 6.07) is 16.4. The average molecular weight is 270 g/mol. The number of hydrogen-bond acceptors (Lipinski definition) is 3. The van der Waals surface area contributed by atoms with Crippen LogP contribution in [0.2, 0.25) is 0 Å². The molecule has 0 fully saturated rings. The standard InChI is InChI=1S/C17H18O3/c1-13(2)20-16-10-8-14(9-11-16)17(18)12-19-15-6-4-3-5-7-15/h3-11,13H,12H2,1-2H3. The van der Waals surface area contributed by atoms with Gasteiger partial charge < -0.3 is 9.47 Å². The lowest BCUT2D eigenvalue weighted by molar-refractivity contribution is 0.0921. The Hall–Kier alpha value is -2.29. The highest BCUT2D eigenvalue weighted by Gasteiger charge is 2.07. The first-order valence-electron chi connectivity index (χ1n) is 6.63. The van der Waals surface area contributed by atoms with E-state index in [-0.39, 0.29) is 18.5 Å². The van der Waals surface area contributed by atoms with E-state index in [1.807, 2.05) is 44.2 Å². The van der Waals surface area contributed by atoms with E-state index in [1.165, 1.54) is 0 Å². The van der Waals surface area contributed by atoms with Crippen molar-refractivity contribution in [2.45, 2.75) is 20.0 Å². The Balaban J connectivity index is 1.92. The number of para-hydroxylation sites is 1. The topological polar surface area (TPSA) is 35.5 Å². The summed E-state index contributed by atoms with van der Waals surface area (Å²) in [5, 5.41) is 0. The third kappa shape index (κ3) is 4.12. The Morgan fingerprint density at radius 1 is 0.950 bits per heavy atom. The number of carbonyl (C=O) groups excluding carboxylic acids is 1. The summed E-state index contributed by atoms with van der Waals surface area (Å²) in [7, 11) is 0. The quantitative estimate of drug-likeness (QED) is 0.750. The largest absolute Gasteiger partial charge is 0.491 e. The summed E-state index contributed by atoms with van der Waals surface area (Å²) in [5.74, 6) is 1.41. The van der Waals surface area contributed by atoms with Gasteiger partial charge >= 0.3 is 0 Å². The second-order valence-electron chi connectivity index (χ2n) is 4.72. The van der Waals surface area contributed by atoms with Crippen molar-refractivity contribution < 1.29 is 14.3 Å². The highest BCUT2D eigenvalue weighted by Crippen LogP contribution is 2.15. The predicted molar refractivity (Wildman–Crippen MR) is 78.5 cm³/mol. The molecule has 0 bridgehead atoms. The minimum atomic E-state index is -0.0510. The van der Waals surface area contributed by atoms with Gasteiger partial charge in [-0.2, -0.15) is 0 Å². The van der Waals surface area contributed by atoms with E-state index in [0.717, 1.165) is 5.75 Å². The fourth-order valence-electron chi connectivity index (χ4n) is 1.74. The van der Waals surface area contributed by atoms with Crippen molar-refractivity contribution in [2.75, 3.05) is 6.61 Å². The molecule has 104 valence electrons. The minimum absolute atomic E-state index is 0.0361. The zero-order valence-electron chi connectivity index (χ0n) is 11.7. The molecule has 2 aromatic rings. The summed E-state index contributed by atoms with van der Waals surface area (Å²) < 4.78 is 11.0. The van der Waals surface area contributed by atoms with Crippen molar-refractivity contribution in [3.05, 3.63) is 60.2 Å². The summed E-state index contributed by atoms with van der Waals surface area (Å²) in [6.45, 7) is 3.97. The summed E-state index contributed by atoms with van der Waals surface area (Å²) >= 11 is 0. The normalized spacial score (nSPS) is 10.3. The lowest BCUT2D eigenvalue weighted by Crippen LogP contribution is -2.11. The van der Waals surface area contributed by atoms with Crippen LogP contribution in [0.25, 0.3) is 0 Å². The molecule has 0 aliphatic heterocycles. The lowest BCUT2D eigenvalue weighted by Gasteiger charge is -2.10. The van der Waals surface area contributed by atoms with Gasteiger partial charge in [-0.3, -0.25) is 4.79 Å². The molecule has 0 saturated heterocycles. The predicted octanol–water partition coefficient (Wildman–Crippen LogP) is 3.74. The van der Waals surface area contributed by atoms with Crippen molar-refractivity contribution in [1.82, 2.24) is 0 Å². The summed E-state index contributed by atoms with van der Waals surface area (Å²) in [5.41, 5.74) is 0.622. The molecule has 20 heavy (non-hydrogen) atoms. The summed E-state index contributed by atoms with van der Waals surface area (Å²) in [4.78, 5) is 12.0. The first kappa shape index (κ1) is 14.1. The van der Waals surface area contributed by atoms with Crippen molar-refractivity contribution in [1.29, 1.82) is 0 Å². The maximum atomic E-state index is 12.0. The van der Waals surface area contributed by atoms with Crippen LogP contribution >= 0.6 is 0 Å². The number of Topliss-reactive ketones (excluding diaryl/α,β-unsaturated/α-hetero) is 1. The number of carbonyl (C=O) groups is 1. The van der Waals surface area contributed by atoms with E-state index in [4.69, 9.17) is 9.47 Å². The van der Waals surface area contributed by atoms with Gasteiger partial charge in [0, 0.05) is 5.56 Å². The molecule has 2 rings (SSSR count). The van der Waals surface area contributed by atoms with Gasteiger partial charge in [0.25, 0.3) is 0 Å². The highest BCUT2D eigenvalue weighted by molar-refractivity contribution is 5.97. The van der Waals surface area contributed by atoms with Crippen LogP contribution in [0.3, 0.4) is 0 Å². The number of benzene rings is 2. The average Bonchev–Trinajstić information content (AvgIpc) is 2.46. The van der Waals surface area contributed by atoms with Crippen LogP contribution in [0.1, 0.15) is 24.2 Å². The van der Waals surface area contributed by atoms with E-state index in [2.05, 4.69) is 0 Å². The maximum Gasteiger partial charge on any atom is 0.200 e. The summed E-state index contributed by atoms with van der Waals surface area (Å²) in [6.07, 6.45) is 0.123. The monoisotopic (exact) mass is 270 g/mol. The number of rotatable bonds is 6. The SMILES string of the molecule is CC(C)Oc1ccc(C(=O)COc2ccccc2)cc1. The Bertz CT molecular complexity index is 544. The molecule has 0 aliphatic rings. The van der Waals surface area contributed by atoms with Crippen LogP contribution in [0.4, 0.5) is 0 Å². The Labute approximate surface area is 119 Å². The van der Waals surface area contributed by atoms with E-state index in [9.17, 15) is 4.79 Å². The zero-order valence-corrected chi connectivity index (χ0v) is 11.7. The Morgan fingerprint density at radius 2 is 1.60 bits per heavy atom. The zero-order chi connectivity index (χ0) is 14.4. The van der Waals surface area contributed by atoms with Gasteiger partial charge in [0.1, 0.15) is 11.5 Å². The van der Waals surface area contributed by atoms with Crippen LogP contribution in [0.15, 0.2) is 54.6 Å². The molecular formula is C17H18O3. The highest BCUT2D eigenvalue weighted by atomic mass is 16.5. The lowest BCUT2D eigenvalue weighted by atomic mass is 10.1. The molecule has 0 aliphatic carbocycles. The molecule has 0 heterocycles. The van der Waals surface area contributed by atoms with Gasteiger partial charge in [-0.05, 0) is 50.2 Å². The van der Waals surface area contributed by atoms with E-state index < -0.39 is 0 Å². The molecule has 0 amide bonds. The van der Waals surface area contributed by atoms with E-state index in [0.29, 0.717) is 11.3 Å². The maximum absolute atomic E-state index is 12.0. The van der Waals surface area contributed by atoms with Crippen molar-refractivity contribution in [3.8, 4) is 11.5 Å². The molecule has 0 radical (unpaired) electrons. The molecule has 0 spiro atoms. The van der Waals surface area contributed by atoms with Gasteiger partial charge in [-0.15, -0.1) is 0 Å². The molecule has 2 aromatic carbocycles. The van der Waals surface area contributed by atoms with Gasteiger partial charge in [0.15, 0.2) is 12.4 Å². The second kappa shape index (κ2) is 6.75. The first-order chi connectivity index (χ1) is 9.65. The molecular weight excluding hydrogens is 252 g/mol. The molecule has 3 nitrogen and oxygen atoms in total. The van der Waals surface area contributed by atoms with Gasteiger partial charge in [0.2, 0.25) is 0 Å². The molecule has 3 heteroatoms. The molecule has 0 unspecified atom stereocenters. The van der Waals surface area contributed by atoms with Crippen LogP contribution in [0.5, 0.6) is 11.5 Å². The van der Waals surface area contributed by atoms with Gasteiger partial charge in [-0.1, -0.05) is 18.2 Å². The van der Waals surface area contributed by atoms with Crippen molar-refractivity contribution in [3.63, 3.8) is 0 Å². The van der Waals surface area contributed by atoms with Crippen LogP contribution < -0.4 is 9.47 Å². The molecule has 0 N–H and O–H groups in total. The minimum Gasteiger partial charge on any atom is -0.491 e. The van der Waals surface area contributed by atoms with Crippen LogP contribution in [-0.4, -0.2) is 18.5 Å².